The summed E-state index contributed by atoms with van der Waals surface area (Å²) in [5, 5.41) is 0. The van der Waals surface area contributed by atoms with E-state index in [2.05, 4.69) is 6.58 Å². The van der Waals surface area contributed by atoms with Crippen LogP contribution in [0.1, 0.15) is 40.9 Å². The lowest BCUT2D eigenvalue weighted by molar-refractivity contribution is -0.109. The van der Waals surface area contributed by atoms with Gasteiger partial charge in [0, 0.05) is 10.0 Å². The van der Waals surface area contributed by atoms with E-state index >= 15 is 0 Å². The zero-order valence-electron chi connectivity index (χ0n) is 16.3. The molecule has 1 atom stereocenters. The summed E-state index contributed by atoms with van der Waals surface area (Å²) in [6.07, 6.45) is -2.95. The quantitative estimate of drug-likeness (QED) is 0.679. The summed E-state index contributed by atoms with van der Waals surface area (Å²) in [6, 6.07) is 0. The molecule has 2 saturated heterocycles. The van der Waals surface area contributed by atoms with Crippen molar-refractivity contribution in [2.24, 2.45) is 5.89 Å². The van der Waals surface area contributed by atoms with E-state index in [4.69, 9.17) is 16.3 Å². The van der Waals surface area contributed by atoms with E-state index in [1.54, 1.807) is 20.8 Å². The van der Waals surface area contributed by atoms with Gasteiger partial charge in [-0.05, 0) is 34.1 Å². The standard InChI is InChI=1S/C14H23NO3/c1-10(2)11-6-14(17-7-11)8-15(9-14)12(16)18-13(3,4)5/h11H,1,6-9H2,2-5H3/i6D2,7D2,11D. The minimum atomic E-state index is -2.54. The molecule has 1 amide bonds. The number of rotatable bonds is 1. The van der Waals surface area contributed by atoms with E-state index in [1.807, 2.05) is 0 Å². The highest BCUT2D eigenvalue weighted by atomic mass is 16.6. The first-order valence-corrected chi connectivity index (χ1v) is 5.94. The van der Waals surface area contributed by atoms with Gasteiger partial charge in [0.15, 0.2) is 0 Å². The summed E-state index contributed by atoms with van der Waals surface area (Å²) < 4.78 is 51.4. The average molecular weight is 258 g/mol. The molecule has 0 aromatic carbocycles. The summed E-state index contributed by atoms with van der Waals surface area (Å²) in [6.45, 7) is 7.29. The van der Waals surface area contributed by atoms with Gasteiger partial charge in [-0.15, -0.1) is 0 Å². The van der Waals surface area contributed by atoms with Crippen molar-refractivity contribution in [1.29, 1.82) is 0 Å². The van der Waals surface area contributed by atoms with Gasteiger partial charge in [0.05, 0.1) is 22.4 Å². The monoisotopic (exact) mass is 258 g/mol. The van der Waals surface area contributed by atoms with Crippen molar-refractivity contribution in [3.63, 3.8) is 0 Å². The summed E-state index contributed by atoms with van der Waals surface area (Å²) in [4.78, 5) is 13.3. The molecular weight excluding hydrogens is 230 g/mol. The molecule has 1 unspecified atom stereocenters. The van der Waals surface area contributed by atoms with Gasteiger partial charge in [0.2, 0.25) is 0 Å². The van der Waals surface area contributed by atoms with E-state index in [1.165, 1.54) is 11.8 Å². The number of nitrogens with zero attached hydrogens (tertiary/aromatic N) is 1. The van der Waals surface area contributed by atoms with Crippen LogP contribution >= 0.6 is 0 Å². The number of amides is 1. The number of carbonyl (C=O) groups is 1. The van der Waals surface area contributed by atoms with Crippen molar-refractivity contribution < 1.29 is 21.1 Å². The molecule has 0 aromatic heterocycles. The third kappa shape index (κ3) is 2.69. The lowest BCUT2D eigenvalue weighted by Crippen LogP contribution is -2.63. The van der Waals surface area contributed by atoms with E-state index in [9.17, 15) is 4.79 Å². The first-order valence-electron chi connectivity index (χ1n) is 8.44. The largest absolute Gasteiger partial charge is 0.444 e. The second-order valence-electron chi connectivity index (χ2n) is 5.82. The molecule has 2 aliphatic heterocycles. The smallest absolute Gasteiger partial charge is 0.410 e. The van der Waals surface area contributed by atoms with Crippen molar-refractivity contribution >= 4 is 6.09 Å². The fourth-order valence-corrected chi connectivity index (χ4v) is 1.79. The Kier molecular flexibility index (Phi) is 1.94. The van der Waals surface area contributed by atoms with Crippen LogP contribution in [-0.2, 0) is 9.47 Å². The summed E-state index contributed by atoms with van der Waals surface area (Å²) in [5.74, 6) is -2.25. The minimum absolute atomic E-state index is 0.0418. The predicted octanol–water partition coefficient (Wildman–Crippen LogP) is 2.59. The van der Waals surface area contributed by atoms with Crippen LogP contribution < -0.4 is 0 Å². The van der Waals surface area contributed by atoms with E-state index < -0.39 is 36.1 Å². The molecule has 2 fully saturated rings. The predicted molar refractivity (Wildman–Crippen MR) is 69.4 cm³/mol. The van der Waals surface area contributed by atoms with Gasteiger partial charge in [0.1, 0.15) is 11.2 Å². The maximum atomic E-state index is 12.0. The third-order valence-corrected chi connectivity index (χ3v) is 2.67. The molecule has 0 aliphatic carbocycles. The van der Waals surface area contributed by atoms with E-state index in [-0.39, 0.29) is 18.7 Å². The zero-order valence-corrected chi connectivity index (χ0v) is 11.3. The lowest BCUT2D eigenvalue weighted by atomic mass is 9.85. The maximum Gasteiger partial charge on any atom is 0.410 e. The van der Waals surface area contributed by atoms with Gasteiger partial charge in [0.25, 0.3) is 0 Å². The van der Waals surface area contributed by atoms with Crippen molar-refractivity contribution in [3.8, 4) is 0 Å². The Bertz CT molecular complexity index is 551. The number of likely N-dealkylation sites (tertiary alicyclic amines) is 1. The summed E-state index contributed by atoms with van der Waals surface area (Å²) in [5.41, 5.74) is -2.21. The Morgan fingerprint density at radius 2 is 2.22 bits per heavy atom. The first-order chi connectivity index (χ1) is 10.1. The van der Waals surface area contributed by atoms with Crippen LogP contribution in [0.4, 0.5) is 4.79 Å². The summed E-state index contributed by atoms with van der Waals surface area (Å²) in [7, 11) is 0. The maximum absolute atomic E-state index is 12.0. The van der Waals surface area contributed by atoms with Crippen LogP contribution in [0, 0.1) is 5.89 Å². The highest BCUT2D eigenvalue weighted by molar-refractivity contribution is 5.69. The van der Waals surface area contributed by atoms with Crippen LogP contribution in [0.25, 0.3) is 0 Å². The van der Waals surface area contributed by atoms with Crippen molar-refractivity contribution in [2.45, 2.75) is 45.3 Å². The summed E-state index contributed by atoms with van der Waals surface area (Å²) >= 11 is 0. The topological polar surface area (TPSA) is 38.8 Å². The van der Waals surface area contributed by atoms with Gasteiger partial charge in [-0.25, -0.2) is 4.79 Å². The van der Waals surface area contributed by atoms with Gasteiger partial charge in [-0.1, -0.05) is 12.2 Å². The average Bonchev–Trinajstić information content (AvgIpc) is 2.40. The normalized spacial score (nSPS) is 39.8. The first kappa shape index (κ1) is 8.20. The number of carbonyl (C=O) groups excluding carboxylic acids is 1. The zero-order chi connectivity index (χ0) is 18.1. The SMILES string of the molecule is [2H]C1([2H])OC2(CN(C(=O)OC(C)(C)C)C2)C([2H])([2H])C1([2H])C(=C)C. The third-order valence-electron chi connectivity index (χ3n) is 2.67. The molecule has 0 bridgehead atoms. The van der Waals surface area contributed by atoms with Gasteiger partial charge >= 0.3 is 6.09 Å². The van der Waals surface area contributed by atoms with E-state index in [0.29, 0.717) is 0 Å². The lowest BCUT2D eigenvalue weighted by Gasteiger charge is -2.47. The molecule has 0 aromatic rings. The Hall–Kier alpha value is -1.03. The van der Waals surface area contributed by atoms with Crippen LogP contribution in [0.15, 0.2) is 12.2 Å². The molecule has 4 nitrogen and oxygen atoms in total. The van der Waals surface area contributed by atoms with Crippen LogP contribution in [0.5, 0.6) is 0 Å². The second-order valence-corrected chi connectivity index (χ2v) is 5.82. The Morgan fingerprint density at radius 1 is 1.61 bits per heavy atom. The number of hydrogen-bond donors (Lipinski definition) is 0. The number of ether oxygens (including phenoxy) is 2. The molecule has 0 N–H and O–H groups in total. The molecule has 0 radical (unpaired) electrons. The van der Waals surface area contributed by atoms with Crippen LogP contribution in [0.3, 0.4) is 0 Å². The Balaban J connectivity index is 2.24. The molecule has 2 rings (SSSR count). The Labute approximate surface area is 116 Å². The van der Waals surface area contributed by atoms with Crippen molar-refractivity contribution in [1.82, 2.24) is 4.90 Å². The minimum Gasteiger partial charge on any atom is -0.444 e. The fraction of sp³-hybridized carbons (Fsp3) is 0.786. The number of hydrogen-bond acceptors (Lipinski definition) is 3. The van der Waals surface area contributed by atoms with Gasteiger partial charge < -0.3 is 14.4 Å². The molecule has 0 saturated carbocycles. The van der Waals surface area contributed by atoms with Gasteiger partial charge in [-0.3, -0.25) is 0 Å². The van der Waals surface area contributed by atoms with Gasteiger partial charge in [-0.2, -0.15) is 0 Å². The van der Waals surface area contributed by atoms with E-state index in [0.717, 1.165) is 0 Å². The molecule has 4 heteroatoms. The molecule has 102 valence electrons. The van der Waals surface area contributed by atoms with Crippen molar-refractivity contribution in [2.75, 3.05) is 19.6 Å². The molecular formula is C14H23NO3. The molecule has 18 heavy (non-hydrogen) atoms. The highest BCUT2D eigenvalue weighted by Gasteiger charge is 2.52. The second kappa shape index (κ2) is 4.26. The molecule has 2 aliphatic rings. The van der Waals surface area contributed by atoms with Crippen LogP contribution in [-0.4, -0.2) is 41.8 Å². The fourth-order valence-electron chi connectivity index (χ4n) is 1.79. The van der Waals surface area contributed by atoms with Crippen molar-refractivity contribution in [3.05, 3.63) is 12.2 Å². The molecule has 1 spiro atoms. The Morgan fingerprint density at radius 3 is 2.67 bits per heavy atom. The van der Waals surface area contributed by atoms with Crippen LogP contribution in [0.2, 0.25) is 0 Å². The molecule has 2 heterocycles. The highest BCUT2D eigenvalue weighted by Crippen LogP contribution is 2.40.